The van der Waals surface area contributed by atoms with E-state index in [1.165, 1.54) is 18.2 Å². The topological polar surface area (TPSA) is 81.9 Å². The number of nitrogens with one attached hydrogen (secondary N) is 1. The van der Waals surface area contributed by atoms with Gasteiger partial charge in [0.2, 0.25) is 11.1 Å². The Morgan fingerprint density at radius 2 is 2.03 bits per heavy atom. The van der Waals surface area contributed by atoms with Crippen molar-refractivity contribution in [2.45, 2.75) is 25.6 Å². The van der Waals surface area contributed by atoms with Crippen molar-refractivity contribution >= 4 is 35.0 Å². The summed E-state index contributed by atoms with van der Waals surface area (Å²) >= 11 is 7.04. The molecule has 0 aliphatic carbocycles. The Morgan fingerprint density at radius 1 is 1.24 bits per heavy atom. The number of ether oxygens (including phenoxy) is 1. The number of thioether (sulfide) groups is 1. The second-order valence-corrected chi connectivity index (χ2v) is 7.35. The Kier molecular flexibility index (Phi) is 6.65. The van der Waals surface area contributed by atoms with Gasteiger partial charge in [-0.3, -0.25) is 4.79 Å². The molecule has 7 nitrogen and oxygen atoms in total. The number of anilines is 1. The van der Waals surface area contributed by atoms with Crippen LogP contribution in [0.1, 0.15) is 11.1 Å². The minimum Gasteiger partial charge on any atom is -0.433 e. The Morgan fingerprint density at radius 3 is 2.72 bits per heavy atom. The van der Waals surface area contributed by atoms with Crippen LogP contribution < -0.4 is 10.1 Å². The molecule has 1 aromatic heterocycles. The quantitative estimate of drug-likeness (QED) is 0.554. The Balaban J connectivity index is 1.63. The summed E-state index contributed by atoms with van der Waals surface area (Å²) in [7, 11) is 0. The lowest BCUT2D eigenvalue weighted by molar-refractivity contribution is -0.113. The van der Waals surface area contributed by atoms with E-state index in [-0.39, 0.29) is 22.4 Å². The van der Waals surface area contributed by atoms with E-state index in [1.54, 1.807) is 4.68 Å². The van der Waals surface area contributed by atoms with Crippen molar-refractivity contribution in [1.29, 1.82) is 0 Å². The molecule has 0 aliphatic heterocycles. The summed E-state index contributed by atoms with van der Waals surface area (Å²) in [6.45, 7) is 1.02. The van der Waals surface area contributed by atoms with Gasteiger partial charge >= 0.3 is 6.61 Å². The molecule has 0 bridgehead atoms. The van der Waals surface area contributed by atoms with E-state index in [2.05, 4.69) is 25.6 Å². The normalized spacial score (nSPS) is 11.0. The monoisotopic (exact) mass is 439 g/mol. The second-order valence-electron chi connectivity index (χ2n) is 6.00. The van der Waals surface area contributed by atoms with E-state index in [0.29, 0.717) is 10.8 Å². The number of benzene rings is 2. The van der Waals surface area contributed by atoms with Crippen molar-refractivity contribution in [3.05, 3.63) is 52.5 Å². The first-order chi connectivity index (χ1) is 13.8. The highest BCUT2D eigenvalue weighted by Gasteiger charge is 2.14. The molecule has 0 unspecified atom stereocenters. The molecule has 0 saturated heterocycles. The predicted octanol–water partition coefficient (Wildman–Crippen LogP) is 4.26. The average molecular weight is 440 g/mol. The summed E-state index contributed by atoms with van der Waals surface area (Å²) in [6.07, 6.45) is 0. The van der Waals surface area contributed by atoms with Crippen LogP contribution >= 0.6 is 23.4 Å². The number of halogens is 3. The lowest BCUT2D eigenvalue weighted by Crippen LogP contribution is -2.14. The van der Waals surface area contributed by atoms with Crippen LogP contribution in [0.2, 0.25) is 5.02 Å². The third-order valence-corrected chi connectivity index (χ3v) is 5.15. The SMILES string of the molecule is Cc1ccc(-n2nnnc2SCC(=O)Nc2ccc(OC(F)F)c(Cl)c2)cc1C. The predicted molar refractivity (Wildman–Crippen MR) is 106 cm³/mol. The van der Waals surface area contributed by atoms with Crippen molar-refractivity contribution < 1.29 is 18.3 Å². The minimum atomic E-state index is -2.98. The summed E-state index contributed by atoms with van der Waals surface area (Å²) in [4.78, 5) is 12.2. The van der Waals surface area contributed by atoms with Gasteiger partial charge in [-0.25, -0.2) is 0 Å². The average Bonchev–Trinajstić information content (AvgIpc) is 3.13. The fraction of sp³-hybridized carbons (Fsp3) is 0.222. The highest BCUT2D eigenvalue weighted by molar-refractivity contribution is 7.99. The Hall–Kier alpha value is -2.72. The molecule has 29 heavy (non-hydrogen) atoms. The number of carbonyl (C=O) groups is 1. The van der Waals surface area contributed by atoms with E-state index < -0.39 is 6.61 Å². The first kappa shape index (κ1) is 21.0. The van der Waals surface area contributed by atoms with Gasteiger partial charge in [0, 0.05) is 5.69 Å². The van der Waals surface area contributed by atoms with Crippen LogP contribution in [0.4, 0.5) is 14.5 Å². The summed E-state index contributed by atoms with van der Waals surface area (Å²) in [5, 5.41) is 14.7. The van der Waals surface area contributed by atoms with E-state index in [1.807, 2.05) is 32.0 Å². The lowest BCUT2D eigenvalue weighted by Gasteiger charge is -2.10. The van der Waals surface area contributed by atoms with Gasteiger partial charge in [0.25, 0.3) is 0 Å². The van der Waals surface area contributed by atoms with Crippen LogP contribution in [-0.2, 0) is 4.79 Å². The molecule has 3 aromatic rings. The summed E-state index contributed by atoms with van der Waals surface area (Å²) in [5.74, 6) is -0.456. The molecule has 2 aromatic carbocycles. The molecular formula is C18H16ClF2N5O2S. The van der Waals surface area contributed by atoms with Crippen LogP contribution in [0.3, 0.4) is 0 Å². The number of carbonyl (C=O) groups excluding carboxylic acids is 1. The zero-order valence-electron chi connectivity index (χ0n) is 15.4. The molecular weight excluding hydrogens is 424 g/mol. The lowest BCUT2D eigenvalue weighted by atomic mass is 10.1. The van der Waals surface area contributed by atoms with Gasteiger partial charge in [0.1, 0.15) is 5.75 Å². The number of aromatic nitrogens is 4. The fourth-order valence-corrected chi connectivity index (χ4v) is 3.30. The zero-order chi connectivity index (χ0) is 21.0. The van der Waals surface area contributed by atoms with Gasteiger partial charge in [-0.05, 0) is 65.7 Å². The maximum atomic E-state index is 12.3. The second kappa shape index (κ2) is 9.19. The van der Waals surface area contributed by atoms with Gasteiger partial charge in [-0.1, -0.05) is 29.4 Å². The molecule has 0 spiro atoms. The minimum absolute atomic E-state index is 0.0329. The molecule has 152 valence electrons. The zero-order valence-corrected chi connectivity index (χ0v) is 17.0. The molecule has 0 saturated carbocycles. The molecule has 0 aliphatic rings. The van der Waals surface area contributed by atoms with Crippen molar-refractivity contribution in [3.8, 4) is 11.4 Å². The van der Waals surface area contributed by atoms with E-state index >= 15 is 0 Å². The van der Waals surface area contributed by atoms with Crippen LogP contribution in [0, 0.1) is 13.8 Å². The summed E-state index contributed by atoms with van der Waals surface area (Å²) in [6, 6.07) is 9.84. The van der Waals surface area contributed by atoms with Crippen molar-refractivity contribution in [1.82, 2.24) is 20.2 Å². The smallest absolute Gasteiger partial charge is 0.387 e. The summed E-state index contributed by atoms with van der Waals surface area (Å²) in [5.41, 5.74) is 3.40. The van der Waals surface area contributed by atoms with Crippen LogP contribution in [0.25, 0.3) is 5.69 Å². The van der Waals surface area contributed by atoms with Crippen LogP contribution in [0.15, 0.2) is 41.6 Å². The Labute approximate surface area is 174 Å². The summed E-state index contributed by atoms with van der Waals surface area (Å²) < 4.78 is 30.4. The third-order valence-electron chi connectivity index (χ3n) is 3.94. The van der Waals surface area contributed by atoms with Crippen LogP contribution in [-0.4, -0.2) is 38.5 Å². The number of tetrazole rings is 1. The van der Waals surface area contributed by atoms with E-state index in [9.17, 15) is 13.6 Å². The van der Waals surface area contributed by atoms with Gasteiger partial charge in [0.05, 0.1) is 16.5 Å². The number of amides is 1. The Bertz CT molecular complexity index is 1030. The number of aryl methyl sites for hydroxylation is 2. The molecule has 0 radical (unpaired) electrons. The molecule has 1 amide bonds. The number of nitrogens with zero attached hydrogens (tertiary/aromatic N) is 4. The van der Waals surface area contributed by atoms with Crippen molar-refractivity contribution in [3.63, 3.8) is 0 Å². The number of alkyl halides is 2. The number of hydrogen-bond donors (Lipinski definition) is 1. The van der Waals surface area contributed by atoms with Gasteiger partial charge in [-0.15, -0.1) is 5.10 Å². The number of rotatable bonds is 7. The maximum Gasteiger partial charge on any atom is 0.387 e. The standard InChI is InChI=1S/C18H16ClF2N5O2S/c1-10-3-5-13(7-11(10)2)26-18(23-24-25-26)29-9-16(27)22-12-4-6-15(14(19)8-12)28-17(20)21/h3-8,17H,9H2,1-2H3,(H,22,27). The first-order valence-corrected chi connectivity index (χ1v) is 9.73. The highest BCUT2D eigenvalue weighted by atomic mass is 35.5. The van der Waals surface area contributed by atoms with Gasteiger partial charge < -0.3 is 10.1 Å². The molecule has 3 rings (SSSR count). The molecule has 0 fully saturated rings. The molecule has 11 heteroatoms. The van der Waals surface area contributed by atoms with Crippen molar-refractivity contribution in [2.75, 3.05) is 11.1 Å². The van der Waals surface area contributed by atoms with E-state index in [0.717, 1.165) is 28.6 Å². The molecule has 1 N–H and O–H groups in total. The van der Waals surface area contributed by atoms with E-state index in [4.69, 9.17) is 11.6 Å². The maximum absolute atomic E-state index is 12.3. The third kappa shape index (κ3) is 5.42. The highest BCUT2D eigenvalue weighted by Crippen LogP contribution is 2.29. The fourth-order valence-electron chi connectivity index (χ4n) is 2.39. The molecule has 1 heterocycles. The molecule has 0 atom stereocenters. The first-order valence-electron chi connectivity index (χ1n) is 8.36. The van der Waals surface area contributed by atoms with Gasteiger partial charge in [0.15, 0.2) is 0 Å². The van der Waals surface area contributed by atoms with Gasteiger partial charge in [-0.2, -0.15) is 13.5 Å². The number of hydrogen-bond acceptors (Lipinski definition) is 6. The van der Waals surface area contributed by atoms with Crippen LogP contribution in [0.5, 0.6) is 5.75 Å². The largest absolute Gasteiger partial charge is 0.433 e. The van der Waals surface area contributed by atoms with Crippen molar-refractivity contribution in [2.24, 2.45) is 0 Å².